The number of aryl methyl sites for hydroxylation is 2. The molecule has 0 heterocycles. The van der Waals surface area contributed by atoms with Gasteiger partial charge in [-0.15, -0.1) is 0 Å². The predicted octanol–water partition coefficient (Wildman–Crippen LogP) is 6.76. The van der Waals surface area contributed by atoms with E-state index < -0.39 is 17.4 Å². The summed E-state index contributed by atoms with van der Waals surface area (Å²) in [5.41, 5.74) is 16.3. The van der Waals surface area contributed by atoms with Crippen molar-refractivity contribution >= 4 is 3.81 Å². The van der Waals surface area contributed by atoms with Crippen LogP contribution in [0.4, 0.5) is 0 Å². The van der Waals surface area contributed by atoms with Crippen LogP contribution in [-0.2, 0) is 28.2 Å². The van der Waals surface area contributed by atoms with Gasteiger partial charge in [0.25, 0.3) is 0 Å². The van der Waals surface area contributed by atoms with E-state index in [4.69, 9.17) is 0 Å². The van der Waals surface area contributed by atoms with E-state index in [9.17, 15) is 0 Å². The Hall–Kier alpha value is -4.04. The largest absolute Gasteiger partial charge is 1.00 e. The van der Waals surface area contributed by atoms with E-state index in [1.54, 1.807) is 7.69 Å². The first-order valence-corrected chi connectivity index (χ1v) is 21.2. The van der Waals surface area contributed by atoms with Crippen molar-refractivity contribution in [3.63, 3.8) is 0 Å². The number of allylic oxidation sites excluding steroid dienone is 4. The van der Waals surface area contributed by atoms with Gasteiger partial charge in [0.15, 0.2) is 0 Å². The van der Waals surface area contributed by atoms with Crippen LogP contribution in [0.1, 0.15) is 94.0 Å². The minimum absolute atomic E-state index is 0. The van der Waals surface area contributed by atoms with E-state index >= 15 is 0 Å². The first-order valence-electron chi connectivity index (χ1n) is 18.8. The van der Waals surface area contributed by atoms with Gasteiger partial charge >= 0.3 is 319 Å². The molecule has 270 valence electrons. The topological polar surface area (TPSA) is 0 Å². The van der Waals surface area contributed by atoms with E-state index in [-0.39, 0.29) is 35.6 Å². The van der Waals surface area contributed by atoms with Crippen LogP contribution < -0.4 is 24.8 Å². The van der Waals surface area contributed by atoms with Gasteiger partial charge < -0.3 is 24.8 Å². The zero-order valence-electron chi connectivity index (χ0n) is 32.1. The second kappa shape index (κ2) is 16.0. The first-order chi connectivity index (χ1) is 25.1. The molecule has 0 bridgehead atoms. The van der Waals surface area contributed by atoms with Gasteiger partial charge in [0.05, 0.1) is 0 Å². The van der Waals surface area contributed by atoms with E-state index in [1.165, 1.54) is 66.8 Å². The monoisotopic (exact) mass is 778 g/mol. The molecular weight excluding hydrogens is 731 g/mol. The Morgan fingerprint density at radius 1 is 0.519 bits per heavy atom. The molecule has 0 N–H and O–H groups in total. The smallest absolute Gasteiger partial charge is 1.00 e. The average molecular weight is 780 g/mol. The van der Waals surface area contributed by atoms with Crippen molar-refractivity contribution < 1.29 is 42.2 Å². The summed E-state index contributed by atoms with van der Waals surface area (Å²) in [6, 6.07) is 55.8. The fraction of sp³-hybridized carbons (Fsp3) is 0.196. The molecule has 6 aromatic carbocycles. The third kappa shape index (κ3) is 7.23. The Bertz CT molecular complexity index is 2210. The number of hydrogen-bond acceptors (Lipinski definition) is 0. The van der Waals surface area contributed by atoms with Crippen molar-refractivity contribution in [2.45, 2.75) is 63.0 Å². The molecule has 0 saturated heterocycles. The molecule has 2 aliphatic rings. The quantitative estimate of drug-likeness (QED) is 0.150. The van der Waals surface area contributed by atoms with Gasteiger partial charge in [-0.2, -0.15) is 0 Å². The number of rotatable bonds is 8. The minimum atomic E-state index is -2.42. The molecule has 8 rings (SSSR count). The van der Waals surface area contributed by atoms with Crippen LogP contribution in [0.2, 0.25) is 0 Å². The molecule has 0 saturated carbocycles. The normalized spacial score (nSPS) is 13.2. The first kappa shape index (κ1) is 39.7. The van der Waals surface area contributed by atoms with E-state index in [0.717, 1.165) is 6.42 Å². The maximum Gasteiger partial charge on any atom is -1.00 e. The number of hydrogen-bond donors (Lipinski definition) is 0. The van der Waals surface area contributed by atoms with Crippen LogP contribution in [0, 0.1) is 13.8 Å². The SMILES string of the molecule is Cc1ccc([C](c2ccc(C)cc2)=[Ti+2]([C]2=CC=CC2)[CH]2c3cc(C(C)(C)c4ccccc4)ccc3-c3ccc(C(C)(C)c4ccccc4)cc32)cc1.[Cl-].[Cl-]. The fourth-order valence-corrected chi connectivity index (χ4v) is 14.1. The molecule has 0 radical (unpaired) electrons. The Labute approximate surface area is 341 Å². The van der Waals surface area contributed by atoms with Crippen molar-refractivity contribution in [1.82, 2.24) is 0 Å². The zero-order valence-corrected chi connectivity index (χ0v) is 35.2. The van der Waals surface area contributed by atoms with Crippen molar-refractivity contribution in [2.75, 3.05) is 0 Å². The molecule has 0 spiro atoms. The van der Waals surface area contributed by atoms with E-state index in [2.05, 4.69) is 205 Å². The van der Waals surface area contributed by atoms with Crippen LogP contribution >= 0.6 is 0 Å². The summed E-state index contributed by atoms with van der Waals surface area (Å²) in [4.78, 5) is 0. The third-order valence-corrected chi connectivity index (χ3v) is 17.1. The summed E-state index contributed by atoms with van der Waals surface area (Å²) in [7, 11) is 0. The Morgan fingerprint density at radius 2 is 0.944 bits per heavy atom. The molecular formula is C51H48Cl2Ti. The summed E-state index contributed by atoms with van der Waals surface area (Å²) in [5.74, 6) is 0. The number of fused-ring (bicyclic) bond motifs is 3. The fourth-order valence-electron chi connectivity index (χ4n) is 8.45. The predicted molar refractivity (Wildman–Crippen MR) is 218 cm³/mol. The van der Waals surface area contributed by atoms with Crippen molar-refractivity contribution in [2.24, 2.45) is 0 Å². The van der Waals surface area contributed by atoms with Crippen molar-refractivity contribution in [3.8, 4) is 11.1 Å². The molecule has 0 unspecified atom stereocenters. The molecule has 0 aromatic heterocycles. The Kier molecular flexibility index (Phi) is 11.7. The number of halogens is 2. The Balaban J connectivity index is 0.00000249. The molecule has 2 aliphatic carbocycles. The molecule has 0 amide bonds. The summed E-state index contributed by atoms with van der Waals surface area (Å²) in [6.07, 6.45) is 8.20. The summed E-state index contributed by atoms with van der Waals surface area (Å²) in [5, 5.41) is 0. The maximum atomic E-state index is 2.60. The molecule has 0 fully saturated rings. The van der Waals surface area contributed by atoms with E-state index in [1.807, 2.05) is 0 Å². The van der Waals surface area contributed by atoms with Gasteiger partial charge in [-0.3, -0.25) is 0 Å². The molecule has 54 heavy (non-hydrogen) atoms. The number of benzene rings is 6. The molecule has 3 heteroatoms. The third-order valence-electron chi connectivity index (χ3n) is 11.8. The standard InChI is InChI=1S/C31H29.C15H14.C5H5.2ClH.Ti/c1-30(2,24-11-7-5-8-12-24)26-15-17-28-22(20-26)19-23-21-27(16-18-29(23)28)31(3,4)25-13-9-6-10-14-25;1-12-3-7-14(8-4-12)11-15-9-5-13(2)6-10-15;1-2-4-5-3-1;;;/h5-21H,1-4H3;3-10H,1-2H3;1-3H,4H2;2*1H;/q;;;;;+2/p-2. The summed E-state index contributed by atoms with van der Waals surface area (Å²) < 4.78 is 3.51. The average Bonchev–Trinajstić information content (AvgIpc) is 3.82. The molecule has 0 nitrogen and oxygen atoms in total. The maximum absolute atomic E-state index is 2.60. The van der Waals surface area contributed by atoms with Gasteiger partial charge in [-0.25, -0.2) is 0 Å². The summed E-state index contributed by atoms with van der Waals surface area (Å²) >= 11 is -2.42. The molecule has 6 aromatic rings. The second-order valence-electron chi connectivity index (χ2n) is 15.9. The van der Waals surface area contributed by atoms with Crippen molar-refractivity contribution in [1.29, 1.82) is 0 Å². The van der Waals surface area contributed by atoms with Crippen LogP contribution in [0.25, 0.3) is 11.1 Å². The van der Waals surface area contributed by atoms with E-state index in [0.29, 0.717) is 4.22 Å². The minimum Gasteiger partial charge on any atom is -1.00 e. The van der Waals surface area contributed by atoms with Crippen LogP contribution in [0.5, 0.6) is 0 Å². The van der Waals surface area contributed by atoms with Crippen LogP contribution in [0.3, 0.4) is 0 Å². The van der Waals surface area contributed by atoms with Gasteiger partial charge in [0.1, 0.15) is 0 Å². The van der Waals surface area contributed by atoms with Gasteiger partial charge in [0.2, 0.25) is 0 Å². The summed E-state index contributed by atoms with van der Waals surface area (Å²) in [6.45, 7) is 13.9. The molecule has 0 atom stereocenters. The van der Waals surface area contributed by atoms with Gasteiger partial charge in [-0.05, 0) is 0 Å². The molecule has 0 aliphatic heterocycles. The van der Waals surface area contributed by atoms with Crippen LogP contribution in [-0.4, -0.2) is 3.81 Å². The second-order valence-corrected chi connectivity index (χ2v) is 19.8. The van der Waals surface area contributed by atoms with Gasteiger partial charge in [0, 0.05) is 0 Å². The zero-order chi connectivity index (χ0) is 36.0. The van der Waals surface area contributed by atoms with Crippen LogP contribution in [0.15, 0.2) is 168 Å². The van der Waals surface area contributed by atoms with Gasteiger partial charge in [-0.1, -0.05) is 0 Å². The Morgan fingerprint density at radius 3 is 1.33 bits per heavy atom. The van der Waals surface area contributed by atoms with Crippen molar-refractivity contribution in [3.05, 3.63) is 223 Å².